The highest BCUT2D eigenvalue weighted by Crippen LogP contribution is 2.32. The Morgan fingerprint density at radius 2 is 1.75 bits per heavy atom. The molecule has 0 aliphatic carbocycles. The van der Waals surface area contributed by atoms with Crippen molar-refractivity contribution in [2.24, 2.45) is 10.9 Å². The second-order valence-electron chi connectivity index (χ2n) is 3.93. The van der Waals surface area contributed by atoms with Gasteiger partial charge in [0, 0.05) is 11.6 Å². The standard InChI is InChI=1S/C13H11N3O4/c14-15-12(9-5-3-7-11(17)13(9)18)8-4-1-2-6-10(8)16(19)20/h1-7,17-18H,14H2/b15-12-. The first-order chi connectivity index (χ1) is 9.56. The minimum Gasteiger partial charge on any atom is -0.504 e. The fourth-order valence-corrected chi connectivity index (χ4v) is 1.84. The van der Waals surface area contributed by atoms with Crippen molar-refractivity contribution in [1.29, 1.82) is 0 Å². The number of rotatable bonds is 3. The fraction of sp³-hybridized carbons (Fsp3) is 0. The predicted molar refractivity (Wildman–Crippen MR) is 72.7 cm³/mol. The number of nitrogens with two attached hydrogens (primary N) is 1. The average Bonchev–Trinajstić information content (AvgIpc) is 2.44. The summed E-state index contributed by atoms with van der Waals surface area (Å²) in [6.07, 6.45) is 0. The lowest BCUT2D eigenvalue weighted by Gasteiger charge is -2.09. The third-order valence-electron chi connectivity index (χ3n) is 2.75. The molecule has 7 nitrogen and oxygen atoms in total. The first-order valence-electron chi connectivity index (χ1n) is 5.59. The maximum Gasteiger partial charge on any atom is 0.278 e. The van der Waals surface area contributed by atoms with Gasteiger partial charge in [0.05, 0.1) is 10.5 Å². The van der Waals surface area contributed by atoms with Crippen molar-refractivity contribution in [2.75, 3.05) is 0 Å². The zero-order valence-electron chi connectivity index (χ0n) is 10.2. The molecule has 0 amide bonds. The lowest BCUT2D eigenvalue weighted by molar-refractivity contribution is -0.385. The van der Waals surface area contributed by atoms with Crippen LogP contribution >= 0.6 is 0 Å². The van der Waals surface area contributed by atoms with Crippen LogP contribution in [0.3, 0.4) is 0 Å². The summed E-state index contributed by atoms with van der Waals surface area (Å²) in [5, 5.41) is 33.9. The van der Waals surface area contributed by atoms with Crippen molar-refractivity contribution in [1.82, 2.24) is 0 Å². The Bertz CT molecular complexity index is 698. The molecular weight excluding hydrogens is 262 g/mol. The number of nitro groups is 1. The van der Waals surface area contributed by atoms with Crippen LogP contribution in [-0.2, 0) is 0 Å². The zero-order chi connectivity index (χ0) is 14.7. The number of nitrogens with zero attached hydrogens (tertiary/aromatic N) is 2. The van der Waals surface area contributed by atoms with Crippen molar-refractivity contribution >= 4 is 11.4 Å². The van der Waals surface area contributed by atoms with E-state index in [0.29, 0.717) is 0 Å². The van der Waals surface area contributed by atoms with Gasteiger partial charge in [-0.2, -0.15) is 5.10 Å². The molecule has 0 aromatic heterocycles. The van der Waals surface area contributed by atoms with Gasteiger partial charge in [0.1, 0.15) is 5.71 Å². The smallest absolute Gasteiger partial charge is 0.278 e. The summed E-state index contributed by atoms with van der Waals surface area (Å²) in [6.45, 7) is 0. The van der Waals surface area contributed by atoms with Crippen LogP contribution in [0.1, 0.15) is 11.1 Å². The largest absolute Gasteiger partial charge is 0.504 e. The molecule has 2 aromatic carbocycles. The molecular formula is C13H11N3O4. The first-order valence-corrected chi connectivity index (χ1v) is 5.59. The van der Waals surface area contributed by atoms with Crippen LogP contribution in [0, 0.1) is 10.1 Å². The normalized spacial score (nSPS) is 11.3. The maximum absolute atomic E-state index is 11.0. The molecule has 0 heterocycles. The van der Waals surface area contributed by atoms with E-state index in [2.05, 4.69) is 5.10 Å². The van der Waals surface area contributed by atoms with Gasteiger partial charge in [-0.3, -0.25) is 10.1 Å². The van der Waals surface area contributed by atoms with Crippen molar-refractivity contribution in [3.05, 3.63) is 63.7 Å². The summed E-state index contributed by atoms with van der Waals surface area (Å²) in [5.41, 5.74) is 0.0906. The van der Waals surface area contributed by atoms with Crippen LogP contribution in [-0.4, -0.2) is 20.8 Å². The van der Waals surface area contributed by atoms with Gasteiger partial charge in [-0.25, -0.2) is 0 Å². The number of aromatic hydroxyl groups is 2. The second kappa shape index (κ2) is 5.27. The van der Waals surface area contributed by atoms with E-state index >= 15 is 0 Å². The van der Waals surface area contributed by atoms with Crippen LogP contribution in [0.25, 0.3) is 0 Å². The Morgan fingerprint density at radius 3 is 2.40 bits per heavy atom. The summed E-state index contributed by atoms with van der Waals surface area (Å²) in [5.74, 6) is 4.50. The van der Waals surface area contributed by atoms with Crippen molar-refractivity contribution in [2.45, 2.75) is 0 Å². The highest BCUT2D eigenvalue weighted by atomic mass is 16.6. The summed E-state index contributed by atoms with van der Waals surface area (Å²) in [7, 11) is 0. The quantitative estimate of drug-likeness (QED) is 0.258. The third-order valence-corrected chi connectivity index (χ3v) is 2.75. The number of phenolic OH excluding ortho intramolecular Hbond substituents is 2. The Hall–Kier alpha value is -3.09. The molecule has 0 aliphatic heterocycles. The average molecular weight is 273 g/mol. The molecule has 0 atom stereocenters. The van der Waals surface area contributed by atoms with E-state index in [4.69, 9.17) is 5.84 Å². The zero-order valence-corrected chi connectivity index (χ0v) is 10.2. The molecule has 0 saturated carbocycles. The number of hydrazone groups is 1. The van der Waals surface area contributed by atoms with E-state index in [1.165, 1.54) is 36.4 Å². The topological polar surface area (TPSA) is 122 Å². The molecule has 7 heteroatoms. The number of benzene rings is 2. The van der Waals surface area contributed by atoms with Gasteiger partial charge in [-0.15, -0.1) is 0 Å². The maximum atomic E-state index is 11.0. The van der Waals surface area contributed by atoms with Gasteiger partial charge < -0.3 is 16.1 Å². The van der Waals surface area contributed by atoms with Crippen LogP contribution in [0.4, 0.5) is 5.69 Å². The lowest BCUT2D eigenvalue weighted by atomic mass is 9.99. The summed E-state index contributed by atoms with van der Waals surface area (Å²) < 4.78 is 0. The van der Waals surface area contributed by atoms with E-state index in [0.717, 1.165) is 0 Å². The molecule has 0 saturated heterocycles. The fourth-order valence-electron chi connectivity index (χ4n) is 1.84. The molecule has 4 N–H and O–H groups in total. The number of nitro benzene ring substituents is 1. The number of hydrogen-bond acceptors (Lipinski definition) is 6. The highest BCUT2D eigenvalue weighted by molar-refractivity contribution is 6.16. The van der Waals surface area contributed by atoms with Crippen LogP contribution in [0.2, 0.25) is 0 Å². The van der Waals surface area contributed by atoms with E-state index in [9.17, 15) is 20.3 Å². The minimum absolute atomic E-state index is 0.0192. The van der Waals surface area contributed by atoms with Crippen molar-refractivity contribution in [3.63, 3.8) is 0 Å². The SMILES string of the molecule is N/N=C(/c1ccccc1[N+](=O)[O-])c1cccc(O)c1O. The van der Waals surface area contributed by atoms with E-state index in [-0.39, 0.29) is 28.3 Å². The molecule has 0 aliphatic rings. The van der Waals surface area contributed by atoms with Gasteiger partial charge in [-0.1, -0.05) is 18.2 Å². The molecule has 20 heavy (non-hydrogen) atoms. The second-order valence-corrected chi connectivity index (χ2v) is 3.93. The number of para-hydroxylation sites is 2. The van der Waals surface area contributed by atoms with E-state index in [1.54, 1.807) is 6.07 Å². The van der Waals surface area contributed by atoms with Crippen molar-refractivity contribution < 1.29 is 15.1 Å². The van der Waals surface area contributed by atoms with Gasteiger partial charge in [0.15, 0.2) is 11.5 Å². The molecule has 102 valence electrons. The van der Waals surface area contributed by atoms with Crippen LogP contribution in [0.15, 0.2) is 47.6 Å². The first kappa shape index (κ1) is 13.3. The summed E-state index contributed by atoms with van der Waals surface area (Å²) in [4.78, 5) is 10.5. The Morgan fingerprint density at radius 1 is 1.10 bits per heavy atom. The van der Waals surface area contributed by atoms with Gasteiger partial charge >= 0.3 is 0 Å². The molecule has 0 bridgehead atoms. The van der Waals surface area contributed by atoms with E-state index in [1.807, 2.05) is 0 Å². The van der Waals surface area contributed by atoms with Crippen molar-refractivity contribution in [3.8, 4) is 11.5 Å². The Kier molecular flexibility index (Phi) is 3.52. The minimum atomic E-state index is -0.569. The lowest BCUT2D eigenvalue weighted by Crippen LogP contribution is -2.09. The molecule has 0 unspecified atom stereocenters. The molecule has 0 radical (unpaired) electrons. The van der Waals surface area contributed by atoms with Crippen LogP contribution in [0.5, 0.6) is 11.5 Å². The molecule has 2 aromatic rings. The monoisotopic (exact) mass is 273 g/mol. The third kappa shape index (κ3) is 2.24. The predicted octanol–water partition coefficient (Wildman–Crippen LogP) is 1.72. The molecule has 0 fully saturated rings. The summed E-state index contributed by atoms with van der Waals surface area (Å²) in [6, 6.07) is 10.1. The molecule has 0 spiro atoms. The van der Waals surface area contributed by atoms with Gasteiger partial charge in [0.25, 0.3) is 5.69 Å². The highest BCUT2D eigenvalue weighted by Gasteiger charge is 2.22. The van der Waals surface area contributed by atoms with Crippen LogP contribution < -0.4 is 5.84 Å². The summed E-state index contributed by atoms with van der Waals surface area (Å²) >= 11 is 0. The van der Waals surface area contributed by atoms with Gasteiger partial charge in [0.2, 0.25) is 0 Å². The molecule has 2 rings (SSSR count). The Labute approximate surface area is 113 Å². The number of phenols is 2. The van der Waals surface area contributed by atoms with Gasteiger partial charge in [-0.05, 0) is 18.2 Å². The number of hydrogen-bond donors (Lipinski definition) is 3. The Balaban J connectivity index is 2.66. The van der Waals surface area contributed by atoms with E-state index < -0.39 is 10.7 Å².